The second-order valence-electron chi connectivity index (χ2n) is 5.59. The Balaban J connectivity index is 2.13. The van der Waals surface area contributed by atoms with Crippen molar-refractivity contribution >= 4 is 0 Å². The fourth-order valence-electron chi connectivity index (χ4n) is 3.32. The average molecular weight is 250 g/mol. The lowest BCUT2D eigenvalue weighted by Crippen LogP contribution is -2.53. The molecule has 1 fully saturated rings. The summed E-state index contributed by atoms with van der Waals surface area (Å²) in [7, 11) is 2.11. The number of rotatable bonds is 4. The third-order valence-corrected chi connectivity index (χ3v) is 4.59. The van der Waals surface area contributed by atoms with Gasteiger partial charge in [-0.1, -0.05) is 25.5 Å². The monoisotopic (exact) mass is 250 g/mol. The molecule has 0 aromatic heterocycles. The van der Waals surface area contributed by atoms with E-state index in [0.717, 1.165) is 18.5 Å². The second kappa shape index (κ2) is 5.37. The van der Waals surface area contributed by atoms with Gasteiger partial charge in [0, 0.05) is 18.6 Å². The van der Waals surface area contributed by atoms with Crippen molar-refractivity contribution < 1.29 is 4.39 Å². The highest BCUT2D eigenvalue weighted by molar-refractivity contribution is 5.17. The molecule has 1 aliphatic carbocycles. The zero-order valence-electron chi connectivity index (χ0n) is 11.3. The molecule has 1 aliphatic rings. The van der Waals surface area contributed by atoms with Crippen LogP contribution >= 0.6 is 0 Å². The standard InChI is InChI=1S/C15H23FN2/c1-12-5-4-8-15(12,11-17)18(2)10-13-6-3-7-14(16)9-13/h3,6-7,9,12H,4-5,8,10-11,17H2,1-2H3. The number of nitrogens with zero attached hydrogens (tertiary/aromatic N) is 1. The van der Waals surface area contributed by atoms with Crippen molar-refractivity contribution in [2.24, 2.45) is 11.7 Å². The highest BCUT2D eigenvalue weighted by Gasteiger charge is 2.42. The van der Waals surface area contributed by atoms with Gasteiger partial charge in [0.15, 0.2) is 0 Å². The third kappa shape index (κ3) is 2.43. The normalized spacial score (nSPS) is 27.9. The first kappa shape index (κ1) is 13.5. The average Bonchev–Trinajstić information content (AvgIpc) is 2.71. The summed E-state index contributed by atoms with van der Waals surface area (Å²) in [6, 6.07) is 6.84. The van der Waals surface area contributed by atoms with Gasteiger partial charge in [-0.05, 0) is 43.5 Å². The fourth-order valence-corrected chi connectivity index (χ4v) is 3.32. The van der Waals surface area contributed by atoms with Crippen LogP contribution in [0, 0.1) is 11.7 Å². The zero-order valence-corrected chi connectivity index (χ0v) is 11.3. The molecule has 2 rings (SSSR count). The van der Waals surface area contributed by atoms with E-state index in [2.05, 4.69) is 18.9 Å². The van der Waals surface area contributed by atoms with Gasteiger partial charge in [-0.3, -0.25) is 4.90 Å². The molecule has 2 atom stereocenters. The lowest BCUT2D eigenvalue weighted by molar-refractivity contribution is 0.0841. The Morgan fingerprint density at radius 2 is 2.28 bits per heavy atom. The highest BCUT2D eigenvalue weighted by Crippen LogP contribution is 2.39. The Labute approximate surface area is 109 Å². The Bertz CT molecular complexity index is 407. The first-order chi connectivity index (χ1) is 8.58. The van der Waals surface area contributed by atoms with Gasteiger partial charge in [-0.25, -0.2) is 4.39 Å². The van der Waals surface area contributed by atoms with Crippen molar-refractivity contribution in [1.82, 2.24) is 4.90 Å². The fraction of sp³-hybridized carbons (Fsp3) is 0.600. The lowest BCUT2D eigenvalue weighted by atomic mass is 9.86. The third-order valence-electron chi connectivity index (χ3n) is 4.59. The summed E-state index contributed by atoms with van der Waals surface area (Å²) in [6.07, 6.45) is 3.63. The topological polar surface area (TPSA) is 29.3 Å². The maximum atomic E-state index is 13.2. The number of nitrogens with two attached hydrogens (primary N) is 1. The zero-order chi connectivity index (χ0) is 13.2. The molecule has 0 heterocycles. The van der Waals surface area contributed by atoms with Crippen molar-refractivity contribution in [3.8, 4) is 0 Å². The van der Waals surface area contributed by atoms with Crippen LogP contribution in [-0.2, 0) is 6.54 Å². The molecule has 2 unspecified atom stereocenters. The number of likely N-dealkylation sites (N-methyl/N-ethyl adjacent to an activating group) is 1. The van der Waals surface area contributed by atoms with E-state index in [1.807, 2.05) is 6.07 Å². The smallest absolute Gasteiger partial charge is 0.123 e. The Hall–Kier alpha value is -0.930. The molecule has 1 saturated carbocycles. The quantitative estimate of drug-likeness (QED) is 0.890. The van der Waals surface area contributed by atoms with Crippen molar-refractivity contribution in [1.29, 1.82) is 0 Å². The Kier molecular flexibility index (Phi) is 4.03. The van der Waals surface area contributed by atoms with Crippen molar-refractivity contribution in [2.75, 3.05) is 13.6 Å². The van der Waals surface area contributed by atoms with E-state index >= 15 is 0 Å². The number of benzene rings is 1. The van der Waals surface area contributed by atoms with Crippen LogP contribution in [0.2, 0.25) is 0 Å². The van der Waals surface area contributed by atoms with Gasteiger partial charge in [0.1, 0.15) is 5.82 Å². The Morgan fingerprint density at radius 1 is 1.50 bits per heavy atom. The molecule has 3 heteroatoms. The van der Waals surface area contributed by atoms with Crippen LogP contribution in [0.5, 0.6) is 0 Å². The number of hydrogen-bond acceptors (Lipinski definition) is 2. The predicted molar refractivity (Wildman–Crippen MR) is 72.7 cm³/mol. The van der Waals surface area contributed by atoms with Crippen LogP contribution in [0.1, 0.15) is 31.7 Å². The molecule has 0 bridgehead atoms. The van der Waals surface area contributed by atoms with Crippen LogP contribution in [-0.4, -0.2) is 24.0 Å². The minimum atomic E-state index is -0.165. The molecule has 0 amide bonds. The predicted octanol–water partition coefficient (Wildman–Crippen LogP) is 2.78. The number of halogens is 1. The van der Waals surface area contributed by atoms with E-state index in [4.69, 9.17) is 5.73 Å². The van der Waals surface area contributed by atoms with E-state index < -0.39 is 0 Å². The van der Waals surface area contributed by atoms with E-state index in [1.54, 1.807) is 12.1 Å². The van der Waals surface area contributed by atoms with E-state index in [1.165, 1.54) is 18.9 Å². The first-order valence-electron chi connectivity index (χ1n) is 6.74. The lowest BCUT2D eigenvalue weighted by Gasteiger charge is -2.42. The van der Waals surface area contributed by atoms with Gasteiger partial charge in [-0.15, -0.1) is 0 Å². The largest absolute Gasteiger partial charge is 0.329 e. The SMILES string of the molecule is CC1CCCC1(CN)N(C)Cc1cccc(F)c1. The van der Waals surface area contributed by atoms with Crippen LogP contribution < -0.4 is 5.73 Å². The van der Waals surface area contributed by atoms with Crippen molar-refractivity contribution in [3.63, 3.8) is 0 Å². The van der Waals surface area contributed by atoms with E-state index in [9.17, 15) is 4.39 Å². The molecular formula is C15H23FN2. The summed E-state index contributed by atoms with van der Waals surface area (Å²) in [5, 5.41) is 0. The number of hydrogen-bond donors (Lipinski definition) is 1. The molecule has 1 aromatic carbocycles. The van der Waals surface area contributed by atoms with Crippen LogP contribution in [0.4, 0.5) is 4.39 Å². The molecule has 0 radical (unpaired) electrons. The van der Waals surface area contributed by atoms with Gasteiger partial charge in [0.2, 0.25) is 0 Å². The molecular weight excluding hydrogens is 227 g/mol. The van der Waals surface area contributed by atoms with Gasteiger partial charge in [-0.2, -0.15) is 0 Å². The summed E-state index contributed by atoms with van der Waals surface area (Å²) in [5.41, 5.74) is 7.14. The molecule has 1 aromatic rings. The van der Waals surface area contributed by atoms with Crippen LogP contribution in [0.25, 0.3) is 0 Å². The van der Waals surface area contributed by atoms with E-state index in [0.29, 0.717) is 12.5 Å². The van der Waals surface area contributed by atoms with E-state index in [-0.39, 0.29) is 11.4 Å². The molecule has 100 valence electrons. The maximum Gasteiger partial charge on any atom is 0.123 e. The van der Waals surface area contributed by atoms with Crippen LogP contribution in [0.3, 0.4) is 0 Å². The van der Waals surface area contributed by atoms with Gasteiger partial charge < -0.3 is 5.73 Å². The molecule has 18 heavy (non-hydrogen) atoms. The summed E-state index contributed by atoms with van der Waals surface area (Å²) in [5.74, 6) is 0.447. The Morgan fingerprint density at radius 3 is 2.83 bits per heavy atom. The molecule has 0 spiro atoms. The first-order valence-corrected chi connectivity index (χ1v) is 6.74. The minimum absolute atomic E-state index is 0.0896. The second-order valence-corrected chi connectivity index (χ2v) is 5.59. The minimum Gasteiger partial charge on any atom is -0.329 e. The molecule has 2 nitrogen and oxygen atoms in total. The van der Waals surface area contributed by atoms with Gasteiger partial charge in [0.25, 0.3) is 0 Å². The summed E-state index contributed by atoms with van der Waals surface area (Å²) in [4.78, 5) is 2.32. The van der Waals surface area contributed by atoms with Gasteiger partial charge in [0.05, 0.1) is 0 Å². The van der Waals surface area contributed by atoms with Crippen molar-refractivity contribution in [2.45, 2.75) is 38.3 Å². The van der Waals surface area contributed by atoms with Gasteiger partial charge >= 0.3 is 0 Å². The molecule has 0 saturated heterocycles. The summed E-state index contributed by atoms with van der Waals surface area (Å²) < 4.78 is 13.2. The van der Waals surface area contributed by atoms with Crippen molar-refractivity contribution in [3.05, 3.63) is 35.6 Å². The van der Waals surface area contributed by atoms with Crippen LogP contribution in [0.15, 0.2) is 24.3 Å². The summed E-state index contributed by atoms with van der Waals surface area (Å²) in [6.45, 7) is 3.72. The molecule has 0 aliphatic heterocycles. The summed E-state index contributed by atoms with van der Waals surface area (Å²) >= 11 is 0. The molecule has 2 N–H and O–H groups in total. The highest BCUT2D eigenvalue weighted by atomic mass is 19.1. The maximum absolute atomic E-state index is 13.2.